The number of rotatable bonds is 5. The third kappa shape index (κ3) is 5.27. The van der Waals surface area contributed by atoms with Gasteiger partial charge in [-0.1, -0.05) is 170 Å². The maximum Gasteiger partial charge on any atom is 0.160 e. The number of hydrogen-bond acceptors (Lipinski definition) is 2. The lowest BCUT2D eigenvalue weighted by Crippen LogP contribution is -2.00. The molecular formula is C58H36N4. The van der Waals surface area contributed by atoms with Gasteiger partial charge in [0.25, 0.3) is 0 Å². The Kier molecular flexibility index (Phi) is 7.57. The highest BCUT2D eigenvalue weighted by molar-refractivity contribution is 6.26. The van der Waals surface area contributed by atoms with Crippen molar-refractivity contribution in [3.8, 4) is 45.3 Å². The van der Waals surface area contributed by atoms with E-state index in [9.17, 15) is 0 Å². The summed E-state index contributed by atoms with van der Waals surface area (Å²) in [6.45, 7) is 0. The SMILES string of the molecule is c1ccc(-c2cc(-c3ccccc3)nc(-c3cc(-n4c5ccccc5c5cc6c7c8ccccc8ccc7n(-c7cccc8ccccc78)c6cc54)c4ccccc4c3)n2)cc1. The van der Waals surface area contributed by atoms with E-state index in [-0.39, 0.29) is 0 Å². The Balaban J connectivity index is 1.14. The summed E-state index contributed by atoms with van der Waals surface area (Å²) in [6.07, 6.45) is 0. The van der Waals surface area contributed by atoms with Gasteiger partial charge < -0.3 is 9.13 Å². The van der Waals surface area contributed by atoms with Crippen LogP contribution in [0.2, 0.25) is 0 Å². The Morgan fingerprint density at radius 3 is 1.55 bits per heavy atom. The third-order valence-corrected chi connectivity index (χ3v) is 12.7. The maximum atomic E-state index is 5.29. The molecule has 0 saturated heterocycles. The lowest BCUT2D eigenvalue weighted by molar-refractivity contribution is 1.16. The largest absolute Gasteiger partial charge is 0.309 e. The minimum absolute atomic E-state index is 0.684. The summed E-state index contributed by atoms with van der Waals surface area (Å²) in [5.41, 5.74) is 11.7. The van der Waals surface area contributed by atoms with Crippen LogP contribution < -0.4 is 0 Å². The normalized spacial score (nSPS) is 11.9. The highest BCUT2D eigenvalue weighted by Gasteiger charge is 2.22. The van der Waals surface area contributed by atoms with Crippen molar-refractivity contribution in [1.29, 1.82) is 0 Å². The fraction of sp³-hybridized carbons (Fsp3) is 0. The number of aromatic nitrogens is 4. The molecule has 0 spiro atoms. The van der Waals surface area contributed by atoms with E-state index < -0.39 is 0 Å². The summed E-state index contributed by atoms with van der Waals surface area (Å²) >= 11 is 0. The minimum atomic E-state index is 0.684. The number of para-hydroxylation sites is 1. The molecule has 0 saturated carbocycles. The van der Waals surface area contributed by atoms with Crippen LogP contribution in [-0.4, -0.2) is 19.1 Å². The van der Waals surface area contributed by atoms with Gasteiger partial charge in [-0.05, 0) is 70.1 Å². The molecular weight excluding hydrogens is 753 g/mol. The molecule has 10 aromatic carbocycles. The summed E-state index contributed by atoms with van der Waals surface area (Å²) in [7, 11) is 0. The van der Waals surface area contributed by atoms with E-state index >= 15 is 0 Å². The van der Waals surface area contributed by atoms with Gasteiger partial charge in [-0.25, -0.2) is 9.97 Å². The van der Waals surface area contributed by atoms with Crippen LogP contribution in [0.3, 0.4) is 0 Å². The predicted molar refractivity (Wildman–Crippen MR) is 260 cm³/mol. The molecule has 3 heterocycles. The van der Waals surface area contributed by atoms with Crippen molar-refractivity contribution in [2.24, 2.45) is 0 Å². The van der Waals surface area contributed by atoms with E-state index in [0.717, 1.165) is 66.8 Å². The van der Waals surface area contributed by atoms with Gasteiger partial charge in [0.05, 0.1) is 44.8 Å². The lowest BCUT2D eigenvalue weighted by Gasteiger charge is -2.16. The van der Waals surface area contributed by atoms with E-state index in [2.05, 4.69) is 215 Å². The molecule has 13 aromatic rings. The molecule has 0 unspecified atom stereocenters. The zero-order valence-corrected chi connectivity index (χ0v) is 33.6. The summed E-state index contributed by atoms with van der Waals surface area (Å²) in [6, 6.07) is 78.6. The zero-order chi connectivity index (χ0) is 40.7. The van der Waals surface area contributed by atoms with Gasteiger partial charge in [0.1, 0.15) is 0 Å². The van der Waals surface area contributed by atoms with Gasteiger partial charge in [-0.3, -0.25) is 0 Å². The van der Waals surface area contributed by atoms with Gasteiger partial charge in [0.2, 0.25) is 0 Å². The van der Waals surface area contributed by atoms with Crippen LogP contribution in [0, 0.1) is 0 Å². The topological polar surface area (TPSA) is 35.6 Å². The number of benzene rings is 10. The van der Waals surface area contributed by atoms with Gasteiger partial charge in [-0.15, -0.1) is 0 Å². The van der Waals surface area contributed by atoms with Crippen LogP contribution in [0.1, 0.15) is 0 Å². The number of nitrogens with zero attached hydrogens (tertiary/aromatic N) is 4. The first-order valence-corrected chi connectivity index (χ1v) is 21.2. The van der Waals surface area contributed by atoms with Crippen molar-refractivity contribution >= 4 is 75.9 Å². The first-order chi connectivity index (χ1) is 30.7. The van der Waals surface area contributed by atoms with Crippen molar-refractivity contribution in [3.05, 3.63) is 218 Å². The van der Waals surface area contributed by atoms with Crippen molar-refractivity contribution in [2.45, 2.75) is 0 Å². The summed E-state index contributed by atoms with van der Waals surface area (Å²) in [5, 5.41) is 12.1. The molecule has 0 fully saturated rings. The van der Waals surface area contributed by atoms with Crippen molar-refractivity contribution < 1.29 is 0 Å². The smallest absolute Gasteiger partial charge is 0.160 e. The van der Waals surface area contributed by atoms with Crippen molar-refractivity contribution in [1.82, 2.24) is 19.1 Å². The molecule has 0 aliphatic rings. The fourth-order valence-electron chi connectivity index (χ4n) is 9.87. The molecule has 0 aliphatic carbocycles. The molecule has 0 atom stereocenters. The molecule has 0 N–H and O–H groups in total. The quantitative estimate of drug-likeness (QED) is 0.174. The second-order valence-electron chi connectivity index (χ2n) is 16.2. The predicted octanol–water partition coefficient (Wildman–Crippen LogP) is 15.1. The Bertz CT molecular complexity index is 3850. The first-order valence-electron chi connectivity index (χ1n) is 21.2. The van der Waals surface area contributed by atoms with Gasteiger partial charge >= 0.3 is 0 Å². The molecule has 288 valence electrons. The van der Waals surface area contributed by atoms with Crippen LogP contribution in [-0.2, 0) is 0 Å². The first kappa shape index (κ1) is 34.5. The number of fused-ring (bicyclic) bond motifs is 10. The van der Waals surface area contributed by atoms with Crippen LogP contribution >= 0.6 is 0 Å². The van der Waals surface area contributed by atoms with E-state index in [4.69, 9.17) is 9.97 Å². The highest BCUT2D eigenvalue weighted by Crippen LogP contribution is 2.44. The fourth-order valence-corrected chi connectivity index (χ4v) is 9.87. The van der Waals surface area contributed by atoms with Crippen molar-refractivity contribution in [3.63, 3.8) is 0 Å². The van der Waals surface area contributed by atoms with E-state index in [1.54, 1.807) is 0 Å². The monoisotopic (exact) mass is 788 g/mol. The second-order valence-corrected chi connectivity index (χ2v) is 16.2. The molecule has 0 amide bonds. The molecule has 13 rings (SSSR count). The van der Waals surface area contributed by atoms with Gasteiger partial charge in [0.15, 0.2) is 5.82 Å². The van der Waals surface area contributed by atoms with E-state index in [1.165, 1.54) is 48.6 Å². The van der Waals surface area contributed by atoms with Crippen LogP contribution in [0.5, 0.6) is 0 Å². The van der Waals surface area contributed by atoms with Crippen LogP contribution in [0.4, 0.5) is 0 Å². The summed E-state index contributed by atoms with van der Waals surface area (Å²) in [5.74, 6) is 0.684. The van der Waals surface area contributed by atoms with Crippen LogP contribution in [0.25, 0.3) is 121 Å². The molecule has 4 nitrogen and oxygen atoms in total. The maximum absolute atomic E-state index is 5.29. The molecule has 4 heteroatoms. The van der Waals surface area contributed by atoms with E-state index in [0.29, 0.717) is 5.82 Å². The Labute approximate surface area is 357 Å². The van der Waals surface area contributed by atoms with Crippen molar-refractivity contribution in [2.75, 3.05) is 0 Å². The van der Waals surface area contributed by atoms with Gasteiger partial charge in [0, 0.05) is 49.0 Å². The summed E-state index contributed by atoms with van der Waals surface area (Å²) < 4.78 is 4.96. The Morgan fingerprint density at radius 2 is 0.823 bits per heavy atom. The average molecular weight is 789 g/mol. The highest BCUT2D eigenvalue weighted by atomic mass is 15.0. The number of hydrogen-bond donors (Lipinski definition) is 0. The molecule has 0 aliphatic heterocycles. The zero-order valence-electron chi connectivity index (χ0n) is 33.6. The second kappa shape index (κ2) is 13.6. The van der Waals surface area contributed by atoms with E-state index in [1.807, 2.05) is 12.1 Å². The minimum Gasteiger partial charge on any atom is -0.309 e. The lowest BCUT2D eigenvalue weighted by atomic mass is 10.0. The molecule has 0 bridgehead atoms. The Hall–Kier alpha value is -8.34. The average Bonchev–Trinajstić information content (AvgIpc) is 3.85. The van der Waals surface area contributed by atoms with Crippen LogP contribution in [0.15, 0.2) is 218 Å². The third-order valence-electron chi connectivity index (χ3n) is 12.7. The standard InChI is InChI=1S/C58H36N4/c1-3-18-39(19-4-1)49-35-50(40-20-5-2-6-21-40)60-58(59-49)42-32-41-22-9-11-25-44(41)54(33-42)62-52-28-14-13-27-46(52)47-34-48-56(36-55(47)62)61(51-29-15-23-37-16-7-10-24-43(37)51)53-31-30-38-17-8-12-26-45(38)57(48)53/h1-36H. The van der Waals surface area contributed by atoms with Gasteiger partial charge in [-0.2, -0.15) is 0 Å². The molecule has 62 heavy (non-hydrogen) atoms. The Morgan fingerprint density at radius 1 is 0.274 bits per heavy atom. The summed E-state index contributed by atoms with van der Waals surface area (Å²) in [4.78, 5) is 10.6. The molecule has 3 aromatic heterocycles. The molecule has 0 radical (unpaired) electrons.